The highest BCUT2D eigenvalue weighted by Crippen LogP contribution is 2.31. The second kappa shape index (κ2) is 8.45. The quantitative estimate of drug-likeness (QED) is 0.484. The van der Waals surface area contributed by atoms with E-state index < -0.39 is 0 Å². The molecule has 1 heterocycles. The van der Waals surface area contributed by atoms with Crippen LogP contribution in [0.15, 0.2) is 89.3 Å². The van der Waals surface area contributed by atoms with E-state index in [4.69, 9.17) is 4.42 Å². The Hall–Kier alpha value is -4.19. The minimum atomic E-state index is -0.368. The first-order chi connectivity index (χ1) is 14.6. The zero-order chi connectivity index (χ0) is 20.9. The van der Waals surface area contributed by atoms with Crippen LogP contribution in [0.4, 0.5) is 11.4 Å². The Balaban J connectivity index is 1.73. The number of oxazole rings is 1. The molecule has 0 aliphatic heterocycles. The number of anilines is 2. The smallest absolute Gasteiger partial charge is 0.278 e. The highest BCUT2D eigenvalue weighted by Gasteiger charge is 2.22. The summed E-state index contributed by atoms with van der Waals surface area (Å²) in [7, 11) is 0. The van der Waals surface area contributed by atoms with Crippen LogP contribution in [0.2, 0.25) is 0 Å². The molecule has 0 radical (unpaired) electrons. The van der Waals surface area contributed by atoms with Crippen molar-refractivity contribution in [3.63, 3.8) is 0 Å². The Morgan fingerprint density at radius 2 is 1.33 bits per heavy atom. The molecule has 0 saturated heterocycles. The Labute approximate surface area is 173 Å². The fourth-order valence-corrected chi connectivity index (χ4v) is 2.99. The number of amides is 2. The number of rotatable bonds is 5. The molecule has 4 rings (SSSR count). The van der Waals surface area contributed by atoms with Crippen molar-refractivity contribution in [1.29, 1.82) is 0 Å². The van der Waals surface area contributed by atoms with E-state index in [9.17, 15) is 9.59 Å². The molecule has 1 aromatic heterocycles. The van der Waals surface area contributed by atoms with Crippen LogP contribution in [0.3, 0.4) is 0 Å². The van der Waals surface area contributed by atoms with Gasteiger partial charge in [-0.05, 0) is 48.5 Å². The van der Waals surface area contributed by atoms with E-state index in [1.807, 2.05) is 48.5 Å². The van der Waals surface area contributed by atoms with Crippen molar-refractivity contribution in [2.75, 3.05) is 10.6 Å². The third-order valence-corrected chi connectivity index (χ3v) is 4.36. The van der Waals surface area contributed by atoms with Crippen molar-refractivity contribution in [1.82, 2.24) is 4.98 Å². The largest absolute Gasteiger partial charge is 0.435 e. The molecule has 0 unspecified atom stereocenters. The lowest BCUT2D eigenvalue weighted by atomic mass is 10.1. The summed E-state index contributed by atoms with van der Waals surface area (Å²) in [6.07, 6.45) is 0. The van der Waals surface area contributed by atoms with Gasteiger partial charge in [-0.15, -0.1) is 0 Å². The highest BCUT2D eigenvalue weighted by atomic mass is 16.4. The molecule has 2 amide bonds. The van der Waals surface area contributed by atoms with Gasteiger partial charge in [-0.1, -0.05) is 36.4 Å². The Morgan fingerprint density at radius 1 is 0.733 bits per heavy atom. The van der Waals surface area contributed by atoms with Gasteiger partial charge in [0.05, 0.1) is 0 Å². The molecule has 0 fully saturated rings. The molecule has 30 heavy (non-hydrogen) atoms. The highest BCUT2D eigenvalue weighted by molar-refractivity contribution is 6.06. The lowest BCUT2D eigenvalue weighted by Crippen LogP contribution is -2.13. The second-order valence-corrected chi connectivity index (χ2v) is 6.64. The molecule has 3 aromatic carbocycles. The zero-order valence-electron chi connectivity index (χ0n) is 16.3. The van der Waals surface area contributed by atoms with Crippen LogP contribution < -0.4 is 10.6 Å². The first-order valence-electron chi connectivity index (χ1n) is 9.41. The fraction of sp³-hybridized carbons (Fsp3) is 0.0417. The van der Waals surface area contributed by atoms with Crippen LogP contribution in [-0.2, 0) is 4.79 Å². The van der Waals surface area contributed by atoms with Gasteiger partial charge in [-0.3, -0.25) is 9.59 Å². The van der Waals surface area contributed by atoms with Crippen LogP contribution in [0.25, 0.3) is 22.8 Å². The van der Waals surface area contributed by atoms with E-state index >= 15 is 0 Å². The third kappa shape index (κ3) is 4.28. The maximum absolute atomic E-state index is 13.0. The fourth-order valence-electron chi connectivity index (χ4n) is 2.99. The number of benzene rings is 3. The van der Waals surface area contributed by atoms with Crippen LogP contribution >= 0.6 is 0 Å². The van der Waals surface area contributed by atoms with Crippen molar-refractivity contribution < 1.29 is 14.0 Å². The average molecular weight is 397 g/mol. The van der Waals surface area contributed by atoms with Crippen molar-refractivity contribution in [2.24, 2.45) is 0 Å². The van der Waals surface area contributed by atoms with Gasteiger partial charge in [0, 0.05) is 29.4 Å². The maximum atomic E-state index is 13.0. The van der Waals surface area contributed by atoms with Crippen LogP contribution in [0, 0.1) is 0 Å². The van der Waals surface area contributed by atoms with E-state index in [1.54, 1.807) is 36.4 Å². The van der Waals surface area contributed by atoms with Gasteiger partial charge >= 0.3 is 0 Å². The molecular weight excluding hydrogens is 378 g/mol. The zero-order valence-corrected chi connectivity index (χ0v) is 16.3. The number of carbonyl (C=O) groups excluding carboxylic acids is 2. The monoisotopic (exact) mass is 397 g/mol. The molecule has 4 aromatic rings. The number of hydrogen-bond donors (Lipinski definition) is 2. The molecule has 6 nitrogen and oxygen atoms in total. The number of nitrogens with zero attached hydrogens (tertiary/aromatic N) is 1. The molecular formula is C24H19N3O3. The Bertz CT molecular complexity index is 1170. The summed E-state index contributed by atoms with van der Waals surface area (Å²) in [6, 6.07) is 25.6. The molecule has 0 saturated carbocycles. The molecule has 2 N–H and O–H groups in total. The van der Waals surface area contributed by atoms with E-state index in [1.165, 1.54) is 6.92 Å². The minimum absolute atomic E-state index is 0.156. The average Bonchev–Trinajstić information content (AvgIpc) is 3.21. The van der Waals surface area contributed by atoms with E-state index in [-0.39, 0.29) is 17.5 Å². The lowest BCUT2D eigenvalue weighted by Gasteiger charge is -2.05. The van der Waals surface area contributed by atoms with E-state index in [2.05, 4.69) is 15.6 Å². The molecule has 0 spiro atoms. The third-order valence-electron chi connectivity index (χ3n) is 4.36. The predicted molar refractivity (Wildman–Crippen MR) is 116 cm³/mol. The molecule has 0 aliphatic rings. The van der Waals surface area contributed by atoms with Gasteiger partial charge in [-0.2, -0.15) is 0 Å². The van der Waals surface area contributed by atoms with Crippen LogP contribution in [-0.4, -0.2) is 16.8 Å². The summed E-state index contributed by atoms with van der Waals surface area (Å²) in [4.78, 5) is 28.7. The van der Waals surface area contributed by atoms with Gasteiger partial charge in [0.2, 0.25) is 11.8 Å². The topological polar surface area (TPSA) is 84.2 Å². The molecule has 0 aliphatic carbocycles. The Kier molecular flexibility index (Phi) is 5.39. The van der Waals surface area contributed by atoms with E-state index in [0.29, 0.717) is 28.6 Å². The van der Waals surface area contributed by atoms with Crippen molar-refractivity contribution in [3.05, 3.63) is 90.6 Å². The number of para-hydroxylation sites is 1. The van der Waals surface area contributed by atoms with Crippen LogP contribution in [0.1, 0.15) is 17.4 Å². The number of aromatic nitrogens is 1. The Morgan fingerprint density at radius 3 is 1.97 bits per heavy atom. The summed E-state index contributed by atoms with van der Waals surface area (Å²) in [6.45, 7) is 1.45. The molecule has 6 heteroatoms. The first kappa shape index (κ1) is 19.1. The van der Waals surface area contributed by atoms with Crippen LogP contribution in [0.5, 0.6) is 0 Å². The van der Waals surface area contributed by atoms with Crippen molar-refractivity contribution in [2.45, 2.75) is 6.92 Å². The lowest BCUT2D eigenvalue weighted by molar-refractivity contribution is -0.114. The van der Waals surface area contributed by atoms with Crippen molar-refractivity contribution >= 4 is 23.2 Å². The summed E-state index contributed by atoms with van der Waals surface area (Å²) in [5.41, 5.74) is 2.96. The minimum Gasteiger partial charge on any atom is -0.435 e. The summed E-state index contributed by atoms with van der Waals surface area (Å²) < 4.78 is 6.01. The summed E-state index contributed by atoms with van der Waals surface area (Å²) in [5.74, 6) is 0.191. The molecule has 0 atom stereocenters. The van der Waals surface area contributed by atoms with E-state index in [0.717, 1.165) is 5.56 Å². The molecule has 148 valence electrons. The normalized spacial score (nSPS) is 10.4. The second-order valence-electron chi connectivity index (χ2n) is 6.64. The SMILES string of the molecule is CC(=O)Nc1ccc(-c2oc(-c3ccccc3)nc2C(=O)Nc2ccccc2)cc1. The summed E-state index contributed by atoms with van der Waals surface area (Å²) >= 11 is 0. The standard InChI is InChI=1S/C24H19N3O3/c1-16(28)25-20-14-12-17(13-15-20)22-21(23(29)26-19-10-6-3-7-11-19)27-24(30-22)18-8-4-2-5-9-18/h2-15H,1H3,(H,25,28)(H,26,29). The van der Waals surface area contributed by atoms with Gasteiger partial charge < -0.3 is 15.1 Å². The number of nitrogens with one attached hydrogen (secondary N) is 2. The number of hydrogen-bond acceptors (Lipinski definition) is 4. The first-order valence-corrected chi connectivity index (χ1v) is 9.41. The van der Waals surface area contributed by atoms with Gasteiger partial charge in [-0.25, -0.2) is 4.98 Å². The maximum Gasteiger partial charge on any atom is 0.278 e. The number of carbonyl (C=O) groups is 2. The van der Waals surface area contributed by atoms with Gasteiger partial charge in [0.1, 0.15) is 0 Å². The summed E-state index contributed by atoms with van der Waals surface area (Å²) in [5, 5.41) is 5.57. The van der Waals surface area contributed by atoms with Gasteiger partial charge in [0.25, 0.3) is 5.91 Å². The van der Waals surface area contributed by atoms with Crippen molar-refractivity contribution in [3.8, 4) is 22.8 Å². The van der Waals surface area contributed by atoms with Gasteiger partial charge in [0.15, 0.2) is 11.5 Å². The molecule has 0 bridgehead atoms. The predicted octanol–water partition coefficient (Wildman–Crippen LogP) is 5.22.